The quantitative estimate of drug-likeness (QED) is 0.448. The summed E-state index contributed by atoms with van der Waals surface area (Å²) in [5, 5.41) is 0. The summed E-state index contributed by atoms with van der Waals surface area (Å²) in [7, 11) is 0. The van der Waals surface area contributed by atoms with Gasteiger partial charge in [0, 0.05) is 0 Å². The molecule has 0 spiro atoms. The number of ether oxygens (including phenoxy) is 2. The Kier molecular flexibility index (Phi) is 4.91. The molecule has 2 nitrogen and oxygen atoms in total. The molecule has 0 bridgehead atoms. The highest BCUT2D eigenvalue weighted by atomic mass is 16.6. The molecule has 0 aromatic rings. The lowest BCUT2D eigenvalue weighted by Gasteiger charge is -2.04. The maximum atomic E-state index is 5.42. The van der Waals surface area contributed by atoms with Gasteiger partial charge in [0.15, 0.2) is 0 Å². The highest BCUT2D eigenvalue weighted by Gasteiger charge is 2.22. The molecule has 0 saturated carbocycles. The van der Waals surface area contributed by atoms with Crippen molar-refractivity contribution in [3.63, 3.8) is 0 Å². The topological polar surface area (TPSA) is 21.8 Å². The van der Waals surface area contributed by atoms with Crippen molar-refractivity contribution in [3.05, 3.63) is 11.8 Å². The van der Waals surface area contributed by atoms with E-state index < -0.39 is 0 Å². The molecule has 1 unspecified atom stereocenters. The van der Waals surface area contributed by atoms with E-state index in [0.717, 1.165) is 19.6 Å². The number of hydrogen-bond acceptors (Lipinski definition) is 2. The van der Waals surface area contributed by atoms with E-state index in [2.05, 4.69) is 13.8 Å². The Labute approximate surface area is 80.9 Å². The van der Waals surface area contributed by atoms with Crippen LogP contribution in [-0.2, 0) is 9.47 Å². The third kappa shape index (κ3) is 4.94. The summed E-state index contributed by atoms with van der Waals surface area (Å²) in [5.41, 5.74) is 1.42. The molecule has 1 saturated heterocycles. The largest absolute Gasteiger partial charge is 0.498 e. The van der Waals surface area contributed by atoms with Crippen LogP contribution in [-0.4, -0.2) is 19.3 Å². The fourth-order valence-corrected chi connectivity index (χ4v) is 1.16. The zero-order valence-corrected chi connectivity index (χ0v) is 8.71. The Morgan fingerprint density at radius 3 is 2.85 bits per heavy atom. The van der Waals surface area contributed by atoms with Crippen LogP contribution in [0.5, 0.6) is 0 Å². The lowest BCUT2D eigenvalue weighted by atomic mass is 10.1. The Balaban J connectivity index is 2.09. The molecule has 1 heterocycles. The summed E-state index contributed by atoms with van der Waals surface area (Å²) in [6, 6.07) is 0. The number of rotatable bonds is 7. The average molecular weight is 184 g/mol. The number of allylic oxidation sites excluding steroid dienone is 1. The van der Waals surface area contributed by atoms with E-state index in [1.807, 2.05) is 6.26 Å². The molecule has 13 heavy (non-hydrogen) atoms. The smallest absolute Gasteiger partial charge is 0.116 e. The molecule has 0 aromatic carbocycles. The molecule has 1 atom stereocenters. The molecular formula is C11H20O2. The molecule has 1 rings (SSSR count). The third-order valence-electron chi connectivity index (χ3n) is 2.24. The van der Waals surface area contributed by atoms with Gasteiger partial charge in [0.2, 0.25) is 0 Å². The molecule has 0 N–H and O–H groups in total. The van der Waals surface area contributed by atoms with Crippen LogP contribution in [0.4, 0.5) is 0 Å². The normalized spacial score (nSPS) is 21.7. The summed E-state index contributed by atoms with van der Waals surface area (Å²) in [5.74, 6) is 0. The van der Waals surface area contributed by atoms with Crippen molar-refractivity contribution < 1.29 is 9.47 Å². The average Bonchev–Trinajstić information content (AvgIpc) is 2.94. The van der Waals surface area contributed by atoms with Crippen LogP contribution >= 0.6 is 0 Å². The van der Waals surface area contributed by atoms with E-state index in [9.17, 15) is 0 Å². The van der Waals surface area contributed by atoms with Gasteiger partial charge in [-0.2, -0.15) is 0 Å². The second kappa shape index (κ2) is 6.03. The van der Waals surface area contributed by atoms with Crippen molar-refractivity contribution in [1.82, 2.24) is 0 Å². The zero-order chi connectivity index (χ0) is 9.52. The van der Waals surface area contributed by atoms with Crippen molar-refractivity contribution in [2.45, 2.75) is 45.6 Å². The fraction of sp³-hybridized carbons (Fsp3) is 0.818. The molecule has 0 aliphatic carbocycles. The minimum atomic E-state index is 0.375. The zero-order valence-electron chi connectivity index (χ0n) is 8.71. The summed E-state index contributed by atoms with van der Waals surface area (Å²) < 4.78 is 10.5. The van der Waals surface area contributed by atoms with Gasteiger partial charge >= 0.3 is 0 Å². The lowest BCUT2D eigenvalue weighted by Crippen LogP contribution is -1.96. The van der Waals surface area contributed by atoms with Crippen LogP contribution in [0, 0.1) is 0 Å². The van der Waals surface area contributed by atoms with Gasteiger partial charge in [0.05, 0.1) is 12.9 Å². The van der Waals surface area contributed by atoms with Crippen molar-refractivity contribution in [2.75, 3.05) is 13.2 Å². The maximum absolute atomic E-state index is 5.42. The van der Waals surface area contributed by atoms with E-state index in [-0.39, 0.29) is 0 Å². The molecule has 0 radical (unpaired) electrons. The Hall–Kier alpha value is -0.500. The second-order valence-electron chi connectivity index (χ2n) is 3.52. The first-order valence-electron chi connectivity index (χ1n) is 5.28. The van der Waals surface area contributed by atoms with Gasteiger partial charge in [-0.3, -0.25) is 0 Å². The molecule has 1 fully saturated rings. The van der Waals surface area contributed by atoms with Crippen LogP contribution in [0.1, 0.15) is 39.5 Å². The number of hydrogen-bond donors (Lipinski definition) is 0. The summed E-state index contributed by atoms with van der Waals surface area (Å²) in [4.78, 5) is 0. The monoisotopic (exact) mass is 184 g/mol. The van der Waals surface area contributed by atoms with Crippen LogP contribution in [0.25, 0.3) is 0 Å². The summed E-state index contributed by atoms with van der Waals surface area (Å²) >= 11 is 0. The maximum Gasteiger partial charge on any atom is 0.116 e. The van der Waals surface area contributed by atoms with Crippen molar-refractivity contribution in [2.24, 2.45) is 0 Å². The minimum absolute atomic E-state index is 0.375. The predicted molar refractivity (Wildman–Crippen MR) is 53.6 cm³/mol. The van der Waals surface area contributed by atoms with Crippen molar-refractivity contribution in [1.29, 1.82) is 0 Å². The first kappa shape index (κ1) is 10.6. The highest BCUT2D eigenvalue weighted by Crippen LogP contribution is 2.13. The number of epoxide rings is 1. The van der Waals surface area contributed by atoms with Crippen LogP contribution < -0.4 is 0 Å². The predicted octanol–water partition coefficient (Wildman–Crippen LogP) is 2.89. The molecular weight excluding hydrogens is 164 g/mol. The molecule has 1 aliphatic heterocycles. The van der Waals surface area contributed by atoms with Gasteiger partial charge in [-0.25, -0.2) is 0 Å². The van der Waals surface area contributed by atoms with Gasteiger partial charge in [-0.15, -0.1) is 0 Å². The summed E-state index contributed by atoms with van der Waals surface area (Å²) in [6.45, 7) is 6.00. The van der Waals surface area contributed by atoms with E-state index in [1.165, 1.54) is 24.8 Å². The summed E-state index contributed by atoms with van der Waals surface area (Å²) in [6.07, 6.45) is 7.11. The third-order valence-corrected chi connectivity index (χ3v) is 2.24. The van der Waals surface area contributed by atoms with Gasteiger partial charge in [0.25, 0.3) is 0 Å². The lowest BCUT2D eigenvalue weighted by molar-refractivity contribution is 0.209. The Morgan fingerprint density at radius 2 is 2.31 bits per heavy atom. The van der Waals surface area contributed by atoms with Crippen LogP contribution in [0.3, 0.4) is 0 Å². The Bertz CT molecular complexity index is 159. The number of unbranched alkanes of at least 4 members (excludes halogenated alkanes) is 1. The van der Waals surface area contributed by atoms with Crippen molar-refractivity contribution >= 4 is 0 Å². The van der Waals surface area contributed by atoms with Gasteiger partial charge in [-0.1, -0.05) is 20.3 Å². The first-order valence-corrected chi connectivity index (χ1v) is 5.28. The minimum Gasteiger partial charge on any atom is -0.498 e. The standard InChI is InChI=1S/C11H20O2/c1-3-5-6-10(4-2)7-12-8-11-9-13-11/h7,11H,3-6,8-9H2,1-2H3. The van der Waals surface area contributed by atoms with E-state index >= 15 is 0 Å². The second-order valence-corrected chi connectivity index (χ2v) is 3.52. The first-order chi connectivity index (χ1) is 6.36. The van der Waals surface area contributed by atoms with E-state index in [0.29, 0.717) is 6.10 Å². The van der Waals surface area contributed by atoms with E-state index in [1.54, 1.807) is 0 Å². The van der Waals surface area contributed by atoms with Crippen molar-refractivity contribution in [3.8, 4) is 0 Å². The van der Waals surface area contributed by atoms with Gasteiger partial charge < -0.3 is 9.47 Å². The van der Waals surface area contributed by atoms with E-state index in [4.69, 9.17) is 9.47 Å². The molecule has 1 aliphatic rings. The van der Waals surface area contributed by atoms with Crippen LogP contribution in [0.2, 0.25) is 0 Å². The molecule has 76 valence electrons. The van der Waals surface area contributed by atoms with Gasteiger partial charge in [-0.05, 0) is 24.8 Å². The molecule has 0 amide bonds. The SMILES string of the molecule is CCCCC(=COCC1CO1)CC. The highest BCUT2D eigenvalue weighted by molar-refractivity contribution is 4.96. The van der Waals surface area contributed by atoms with Gasteiger partial charge in [0.1, 0.15) is 12.7 Å². The fourth-order valence-electron chi connectivity index (χ4n) is 1.16. The Morgan fingerprint density at radius 1 is 1.54 bits per heavy atom. The van der Waals surface area contributed by atoms with Crippen LogP contribution in [0.15, 0.2) is 11.8 Å². The molecule has 0 aromatic heterocycles. The molecule has 2 heteroatoms.